The summed E-state index contributed by atoms with van der Waals surface area (Å²) < 4.78 is 52.5. The molecule has 25 heavy (non-hydrogen) atoms. The average Bonchev–Trinajstić information content (AvgIpc) is 2.50. The maximum absolute atomic E-state index is 13.9. The molecule has 9 heteroatoms. The summed E-state index contributed by atoms with van der Waals surface area (Å²) in [4.78, 5) is 12.4. The van der Waals surface area contributed by atoms with Crippen LogP contribution in [-0.2, 0) is 14.8 Å². The number of sulfonamides is 1. The maximum Gasteiger partial charge on any atom is 0.248 e. The van der Waals surface area contributed by atoms with Crippen LogP contribution in [0.3, 0.4) is 0 Å². The molecular weight excluding hydrogens is 418 g/mol. The van der Waals surface area contributed by atoms with Crippen LogP contribution in [-0.4, -0.2) is 26.6 Å². The number of benzene rings is 2. The molecule has 0 fully saturated rings. The Hall–Kier alpha value is -2.00. The maximum atomic E-state index is 13.9. The van der Waals surface area contributed by atoms with Crippen LogP contribution < -0.4 is 9.62 Å². The molecule has 0 unspecified atom stereocenters. The van der Waals surface area contributed by atoms with Crippen LogP contribution in [0.25, 0.3) is 0 Å². The number of nitrogens with one attached hydrogen (secondary N) is 1. The van der Waals surface area contributed by atoms with E-state index in [2.05, 4.69) is 21.2 Å². The number of amides is 1. The van der Waals surface area contributed by atoms with Gasteiger partial charge in [-0.1, -0.05) is 15.9 Å². The first-order chi connectivity index (χ1) is 11.6. The molecule has 0 spiro atoms. The van der Waals surface area contributed by atoms with Gasteiger partial charge in [0.15, 0.2) is 0 Å². The molecule has 0 aromatic heterocycles. The van der Waals surface area contributed by atoms with E-state index in [1.807, 2.05) is 0 Å². The van der Waals surface area contributed by atoms with Crippen LogP contribution in [0, 0.1) is 11.6 Å². The van der Waals surface area contributed by atoms with Crippen molar-refractivity contribution in [2.75, 3.05) is 15.9 Å². The van der Waals surface area contributed by atoms with Gasteiger partial charge in [0.05, 0.1) is 17.6 Å². The van der Waals surface area contributed by atoms with E-state index in [0.29, 0.717) is 4.47 Å². The van der Waals surface area contributed by atoms with Crippen molar-refractivity contribution in [1.82, 2.24) is 0 Å². The number of hydrogen-bond acceptors (Lipinski definition) is 3. The van der Waals surface area contributed by atoms with Crippen molar-refractivity contribution in [2.24, 2.45) is 0 Å². The molecule has 0 heterocycles. The minimum absolute atomic E-state index is 0.0763. The molecule has 134 valence electrons. The Bertz CT molecular complexity index is 889. The Kier molecular flexibility index (Phi) is 5.79. The van der Waals surface area contributed by atoms with Gasteiger partial charge in [-0.15, -0.1) is 0 Å². The van der Waals surface area contributed by atoms with Crippen molar-refractivity contribution >= 4 is 43.2 Å². The number of halogens is 3. The summed E-state index contributed by atoms with van der Waals surface area (Å²) in [5.41, 5.74) is 0.0513. The second-order valence-corrected chi connectivity index (χ2v) is 8.10. The normalized spacial score (nSPS) is 12.5. The summed E-state index contributed by atoms with van der Waals surface area (Å²) in [6.07, 6.45) is 0.931. The molecule has 0 saturated carbocycles. The molecular formula is C16H15BrF2N2O3S. The van der Waals surface area contributed by atoms with Crippen molar-refractivity contribution in [3.05, 3.63) is 58.6 Å². The zero-order valence-electron chi connectivity index (χ0n) is 13.3. The highest BCUT2D eigenvalue weighted by Gasteiger charge is 2.29. The predicted molar refractivity (Wildman–Crippen MR) is 95.9 cm³/mol. The number of hydrogen-bond donors (Lipinski definition) is 1. The lowest BCUT2D eigenvalue weighted by Crippen LogP contribution is -2.45. The van der Waals surface area contributed by atoms with Crippen molar-refractivity contribution in [3.8, 4) is 0 Å². The van der Waals surface area contributed by atoms with Crippen LogP contribution in [0.1, 0.15) is 6.92 Å². The molecule has 5 nitrogen and oxygen atoms in total. The Morgan fingerprint density at radius 1 is 1.16 bits per heavy atom. The largest absolute Gasteiger partial charge is 0.322 e. The van der Waals surface area contributed by atoms with Gasteiger partial charge in [0, 0.05) is 4.47 Å². The zero-order chi connectivity index (χ0) is 18.8. The molecule has 0 saturated heterocycles. The van der Waals surface area contributed by atoms with Crippen LogP contribution in [0.2, 0.25) is 0 Å². The van der Waals surface area contributed by atoms with E-state index in [0.717, 1.165) is 22.7 Å². The molecule has 2 aromatic rings. The second kappa shape index (κ2) is 7.49. The minimum atomic E-state index is -3.84. The van der Waals surface area contributed by atoms with E-state index in [1.54, 1.807) is 0 Å². The van der Waals surface area contributed by atoms with Gasteiger partial charge in [-0.05, 0) is 49.4 Å². The van der Waals surface area contributed by atoms with Crippen molar-refractivity contribution < 1.29 is 22.0 Å². The molecule has 2 aromatic carbocycles. The first-order valence-corrected chi connectivity index (χ1v) is 9.74. The second-order valence-electron chi connectivity index (χ2n) is 5.32. The van der Waals surface area contributed by atoms with Gasteiger partial charge in [-0.3, -0.25) is 9.10 Å². The predicted octanol–water partition coefficient (Wildman–Crippen LogP) is 3.52. The van der Waals surface area contributed by atoms with E-state index >= 15 is 0 Å². The average molecular weight is 433 g/mol. The highest BCUT2D eigenvalue weighted by molar-refractivity contribution is 9.10. The van der Waals surface area contributed by atoms with Crippen molar-refractivity contribution in [3.63, 3.8) is 0 Å². The Morgan fingerprint density at radius 2 is 1.76 bits per heavy atom. The Balaban J connectivity index is 2.31. The van der Waals surface area contributed by atoms with Gasteiger partial charge in [0.1, 0.15) is 17.7 Å². The van der Waals surface area contributed by atoms with E-state index < -0.39 is 33.6 Å². The fraction of sp³-hybridized carbons (Fsp3) is 0.188. The molecule has 0 radical (unpaired) electrons. The van der Waals surface area contributed by atoms with Gasteiger partial charge in [0.2, 0.25) is 15.9 Å². The molecule has 0 bridgehead atoms. The van der Waals surface area contributed by atoms with Crippen LogP contribution in [0.4, 0.5) is 20.2 Å². The van der Waals surface area contributed by atoms with Crippen molar-refractivity contribution in [2.45, 2.75) is 13.0 Å². The topological polar surface area (TPSA) is 66.5 Å². The van der Waals surface area contributed by atoms with Gasteiger partial charge in [-0.2, -0.15) is 0 Å². The van der Waals surface area contributed by atoms with E-state index in [9.17, 15) is 22.0 Å². The standard InChI is InChI=1S/C16H15BrF2N2O3S/c1-10(16(22)20-15-8-3-11(17)9-14(15)19)21(25(2,23)24)13-6-4-12(18)5-7-13/h3-10H,1-2H3,(H,20,22)/t10-/m0/s1. The highest BCUT2D eigenvalue weighted by atomic mass is 79.9. The SMILES string of the molecule is C[C@@H](C(=O)Nc1ccc(Br)cc1F)N(c1ccc(F)cc1)S(C)(=O)=O. The highest BCUT2D eigenvalue weighted by Crippen LogP contribution is 2.23. The summed E-state index contributed by atoms with van der Waals surface area (Å²) in [6.45, 7) is 1.36. The fourth-order valence-corrected chi connectivity index (χ4v) is 3.73. The number of carbonyl (C=O) groups excluding carboxylic acids is 1. The monoisotopic (exact) mass is 432 g/mol. The molecule has 1 atom stereocenters. The lowest BCUT2D eigenvalue weighted by atomic mass is 10.2. The smallest absolute Gasteiger partial charge is 0.248 e. The summed E-state index contributed by atoms with van der Waals surface area (Å²) >= 11 is 3.11. The van der Waals surface area contributed by atoms with Gasteiger partial charge in [0.25, 0.3) is 0 Å². The molecule has 0 aliphatic carbocycles. The number of nitrogens with zero attached hydrogens (tertiary/aromatic N) is 1. The lowest BCUT2D eigenvalue weighted by molar-refractivity contribution is -0.116. The van der Waals surface area contributed by atoms with E-state index in [1.165, 1.54) is 37.3 Å². The molecule has 1 amide bonds. The molecule has 2 rings (SSSR count). The molecule has 0 aliphatic rings. The Morgan fingerprint density at radius 3 is 2.28 bits per heavy atom. The van der Waals surface area contributed by atoms with E-state index in [4.69, 9.17) is 0 Å². The third-order valence-electron chi connectivity index (χ3n) is 3.36. The first kappa shape index (κ1) is 19.3. The minimum Gasteiger partial charge on any atom is -0.322 e. The third kappa shape index (κ3) is 4.76. The van der Waals surface area contributed by atoms with Crippen LogP contribution >= 0.6 is 15.9 Å². The molecule has 1 N–H and O–H groups in total. The van der Waals surface area contributed by atoms with Crippen LogP contribution in [0.15, 0.2) is 46.9 Å². The van der Waals surface area contributed by atoms with Gasteiger partial charge >= 0.3 is 0 Å². The number of rotatable bonds is 5. The quantitative estimate of drug-likeness (QED) is 0.785. The van der Waals surface area contributed by atoms with Crippen molar-refractivity contribution in [1.29, 1.82) is 0 Å². The fourth-order valence-electron chi connectivity index (χ4n) is 2.22. The zero-order valence-corrected chi connectivity index (χ0v) is 15.7. The summed E-state index contributed by atoms with van der Waals surface area (Å²) in [5.74, 6) is -1.93. The number of anilines is 2. The molecule has 0 aliphatic heterocycles. The third-order valence-corrected chi connectivity index (χ3v) is 5.09. The van der Waals surface area contributed by atoms with E-state index in [-0.39, 0.29) is 11.4 Å². The van der Waals surface area contributed by atoms with Gasteiger partial charge in [-0.25, -0.2) is 17.2 Å². The summed E-state index contributed by atoms with van der Waals surface area (Å²) in [6, 6.07) is 7.57. The first-order valence-electron chi connectivity index (χ1n) is 7.10. The Labute approximate surface area is 152 Å². The summed E-state index contributed by atoms with van der Waals surface area (Å²) in [5, 5.41) is 2.36. The number of carbonyl (C=O) groups is 1. The summed E-state index contributed by atoms with van der Waals surface area (Å²) in [7, 11) is -3.84. The van der Waals surface area contributed by atoms with Gasteiger partial charge < -0.3 is 5.32 Å². The van der Waals surface area contributed by atoms with Crippen LogP contribution in [0.5, 0.6) is 0 Å². The lowest BCUT2D eigenvalue weighted by Gasteiger charge is -2.28.